The van der Waals surface area contributed by atoms with Crippen molar-refractivity contribution < 1.29 is 47.8 Å². The van der Waals surface area contributed by atoms with Crippen LogP contribution in [-0.4, -0.2) is 65.7 Å². The standard InChI is InChI=1S/C50H85O10P/c1-3-5-7-9-11-13-15-17-19-21-23-25-27-29-31-33-35-37-39-41-49(53)57-45-48(46-59-61(55,56)58-44-47(52)43-51)60-50(54)42-40-38-36-34-32-30-28-26-24-22-20-18-16-14-12-10-8-6-4-2/h6,8,11-14,17-20,24,26,30,32,47-48,51-52H,3-5,7,9-10,15-16,21-23,25,27-29,31,33-46H2,1-2H3,(H,55,56)/b8-6-,13-11-,14-12-,19-17-,20-18-,26-24-,32-30-. The molecular weight excluding hydrogens is 792 g/mol. The lowest BCUT2D eigenvalue weighted by molar-refractivity contribution is -0.161. The number of aliphatic hydroxyl groups is 2. The molecule has 0 aromatic heterocycles. The quantitative estimate of drug-likeness (QED) is 0.0234. The third-order valence-electron chi connectivity index (χ3n) is 9.53. The van der Waals surface area contributed by atoms with Gasteiger partial charge >= 0.3 is 19.8 Å². The van der Waals surface area contributed by atoms with Crippen LogP contribution in [-0.2, 0) is 32.7 Å². The predicted molar refractivity (Wildman–Crippen MR) is 251 cm³/mol. The molecule has 0 aliphatic heterocycles. The molecule has 0 saturated carbocycles. The maximum Gasteiger partial charge on any atom is 0.472 e. The highest BCUT2D eigenvalue weighted by Gasteiger charge is 2.27. The van der Waals surface area contributed by atoms with Gasteiger partial charge in [0, 0.05) is 12.8 Å². The summed E-state index contributed by atoms with van der Waals surface area (Å²) in [4.78, 5) is 35.1. The number of ether oxygens (including phenoxy) is 2. The predicted octanol–water partition coefficient (Wildman–Crippen LogP) is 13.0. The number of hydrogen-bond acceptors (Lipinski definition) is 9. The van der Waals surface area contributed by atoms with E-state index in [1.807, 2.05) is 0 Å². The van der Waals surface area contributed by atoms with Crippen LogP contribution < -0.4 is 0 Å². The molecule has 0 aromatic carbocycles. The average Bonchev–Trinajstić information content (AvgIpc) is 3.25. The number of unbranched alkanes of at least 4 members (excludes halogenated alkanes) is 15. The van der Waals surface area contributed by atoms with Gasteiger partial charge in [0.2, 0.25) is 0 Å². The molecule has 0 fully saturated rings. The van der Waals surface area contributed by atoms with E-state index in [9.17, 15) is 24.2 Å². The fourth-order valence-corrected chi connectivity index (χ4v) is 6.72. The number of carbonyl (C=O) groups excluding carboxylic acids is 2. The molecule has 10 nitrogen and oxygen atoms in total. The number of phosphoric acid groups is 1. The molecule has 0 amide bonds. The Hall–Kier alpha value is -2.85. The van der Waals surface area contributed by atoms with Gasteiger partial charge in [-0.3, -0.25) is 18.6 Å². The minimum Gasteiger partial charge on any atom is -0.462 e. The normalized spacial score (nSPS) is 14.5. The Labute approximate surface area is 371 Å². The highest BCUT2D eigenvalue weighted by atomic mass is 31.2. The number of hydrogen-bond donors (Lipinski definition) is 3. The Bertz CT molecular complexity index is 1280. The highest BCUT2D eigenvalue weighted by molar-refractivity contribution is 7.47. The summed E-state index contributed by atoms with van der Waals surface area (Å²) in [6.45, 7) is 2.19. The first kappa shape index (κ1) is 58.1. The monoisotopic (exact) mass is 877 g/mol. The molecule has 0 bridgehead atoms. The van der Waals surface area contributed by atoms with E-state index in [1.165, 1.54) is 57.8 Å². The number of phosphoric ester groups is 1. The molecule has 11 heteroatoms. The molecule has 350 valence electrons. The van der Waals surface area contributed by atoms with Gasteiger partial charge in [-0.1, -0.05) is 163 Å². The summed E-state index contributed by atoms with van der Waals surface area (Å²) in [5.41, 5.74) is 0. The Morgan fingerprint density at radius 2 is 0.902 bits per heavy atom. The number of allylic oxidation sites excluding steroid dienone is 14. The van der Waals surface area contributed by atoms with Crippen molar-refractivity contribution in [2.24, 2.45) is 0 Å². The van der Waals surface area contributed by atoms with Crippen molar-refractivity contribution in [2.45, 2.75) is 193 Å². The lowest BCUT2D eigenvalue weighted by atomic mass is 10.1. The van der Waals surface area contributed by atoms with Gasteiger partial charge in [-0.2, -0.15) is 0 Å². The van der Waals surface area contributed by atoms with E-state index < -0.39 is 51.8 Å². The van der Waals surface area contributed by atoms with E-state index in [4.69, 9.17) is 23.6 Å². The summed E-state index contributed by atoms with van der Waals surface area (Å²) in [6, 6.07) is 0. The van der Waals surface area contributed by atoms with Crippen molar-refractivity contribution in [2.75, 3.05) is 26.4 Å². The van der Waals surface area contributed by atoms with Gasteiger partial charge in [-0.05, 0) is 89.9 Å². The average molecular weight is 877 g/mol. The number of rotatable bonds is 43. The van der Waals surface area contributed by atoms with Gasteiger partial charge in [-0.25, -0.2) is 4.57 Å². The largest absolute Gasteiger partial charge is 0.472 e. The fraction of sp³-hybridized carbons (Fsp3) is 0.680. The second kappa shape index (κ2) is 45.2. The molecule has 0 heterocycles. The van der Waals surface area contributed by atoms with Crippen LogP contribution in [0.3, 0.4) is 0 Å². The van der Waals surface area contributed by atoms with Crippen LogP contribution in [0.5, 0.6) is 0 Å². The van der Waals surface area contributed by atoms with Gasteiger partial charge in [0.05, 0.1) is 19.8 Å². The van der Waals surface area contributed by atoms with E-state index in [2.05, 4.69) is 98.9 Å². The van der Waals surface area contributed by atoms with Crippen molar-refractivity contribution in [3.8, 4) is 0 Å². The summed E-state index contributed by atoms with van der Waals surface area (Å²) < 4.78 is 32.8. The lowest BCUT2D eigenvalue weighted by Crippen LogP contribution is -2.29. The summed E-state index contributed by atoms with van der Waals surface area (Å²) in [6.07, 6.45) is 54.0. The molecule has 0 radical (unpaired) electrons. The van der Waals surface area contributed by atoms with Gasteiger partial charge < -0.3 is 24.6 Å². The number of carbonyl (C=O) groups is 2. The third kappa shape index (κ3) is 45.0. The first-order chi connectivity index (χ1) is 29.7. The zero-order valence-corrected chi connectivity index (χ0v) is 39.0. The smallest absolute Gasteiger partial charge is 0.462 e. The van der Waals surface area contributed by atoms with Crippen molar-refractivity contribution in [1.29, 1.82) is 0 Å². The first-order valence-corrected chi connectivity index (χ1v) is 25.0. The molecule has 0 rings (SSSR count). The molecule has 3 atom stereocenters. The minimum absolute atomic E-state index is 0.140. The van der Waals surface area contributed by atoms with Crippen LogP contribution in [0, 0.1) is 0 Å². The molecule has 0 aliphatic carbocycles. The minimum atomic E-state index is -4.64. The Morgan fingerprint density at radius 1 is 0.508 bits per heavy atom. The van der Waals surface area contributed by atoms with E-state index in [-0.39, 0.29) is 19.4 Å². The molecular formula is C50H85O10P. The molecule has 3 unspecified atom stereocenters. The van der Waals surface area contributed by atoms with E-state index in [0.29, 0.717) is 12.8 Å². The Kier molecular flexibility index (Phi) is 43.1. The van der Waals surface area contributed by atoms with Crippen molar-refractivity contribution in [3.05, 3.63) is 85.1 Å². The molecule has 61 heavy (non-hydrogen) atoms. The number of aliphatic hydroxyl groups excluding tert-OH is 2. The summed E-state index contributed by atoms with van der Waals surface area (Å²) in [5, 5.41) is 18.4. The van der Waals surface area contributed by atoms with Crippen molar-refractivity contribution in [1.82, 2.24) is 0 Å². The molecule has 0 spiro atoms. The molecule has 0 aliphatic rings. The Balaban J connectivity index is 4.33. The van der Waals surface area contributed by atoms with E-state index in [0.717, 1.165) is 83.5 Å². The van der Waals surface area contributed by atoms with Gasteiger partial charge in [0.1, 0.15) is 12.7 Å². The second-order valence-electron chi connectivity index (χ2n) is 15.4. The highest BCUT2D eigenvalue weighted by Crippen LogP contribution is 2.43. The Morgan fingerprint density at radius 3 is 1.38 bits per heavy atom. The summed E-state index contributed by atoms with van der Waals surface area (Å²) in [7, 11) is -4.64. The number of esters is 2. The maximum absolute atomic E-state index is 12.6. The van der Waals surface area contributed by atoms with Gasteiger partial charge in [0.15, 0.2) is 6.10 Å². The zero-order chi connectivity index (χ0) is 44.8. The maximum atomic E-state index is 12.6. The van der Waals surface area contributed by atoms with Crippen LogP contribution in [0.15, 0.2) is 85.1 Å². The summed E-state index contributed by atoms with van der Waals surface area (Å²) in [5.74, 6) is -0.972. The van der Waals surface area contributed by atoms with Crippen molar-refractivity contribution >= 4 is 19.8 Å². The second-order valence-corrected chi connectivity index (χ2v) is 16.8. The first-order valence-electron chi connectivity index (χ1n) is 23.5. The van der Waals surface area contributed by atoms with Crippen LogP contribution in [0.4, 0.5) is 0 Å². The SMILES string of the molecule is CC/C=C\C/C=C\C/C=C\C/C=C\C/C=C\CCCCCC(=O)OC(COC(=O)CCCCCCCCCCC/C=C\C/C=C\CCCCC)COP(=O)(O)OCC(O)CO. The van der Waals surface area contributed by atoms with Crippen LogP contribution in [0.25, 0.3) is 0 Å². The topological polar surface area (TPSA) is 149 Å². The molecule has 3 N–H and O–H groups in total. The summed E-state index contributed by atoms with van der Waals surface area (Å²) >= 11 is 0. The van der Waals surface area contributed by atoms with Gasteiger partial charge in [0.25, 0.3) is 0 Å². The van der Waals surface area contributed by atoms with E-state index in [1.54, 1.807) is 0 Å². The lowest BCUT2D eigenvalue weighted by Gasteiger charge is -2.20. The third-order valence-corrected chi connectivity index (χ3v) is 10.5. The van der Waals surface area contributed by atoms with Crippen molar-refractivity contribution in [3.63, 3.8) is 0 Å². The zero-order valence-electron chi connectivity index (χ0n) is 38.1. The van der Waals surface area contributed by atoms with Gasteiger partial charge in [-0.15, -0.1) is 0 Å². The van der Waals surface area contributed by atoms with Crippen LogP contribution >= 0.6 is 7.82 Å². The molecule has 0 saturated heterocycles. The molecule has 0 aromatic rings. The van der Waals surface area contributed by atoms with Crippen LogP contribution in [0.2, 0.25) is 0 Å². The van der Waals surface area contributed by atoms with Crippen LogP contribution in [0.1, 0.15) is 181 Å². The van der Waals surface area contributed by atoms with E-state index >= 15 is 0 Å². The fourth-order valence-electron chi connectivity index (χ4n) is 5.93.